The number of rotatable bonds is 0. The van der Waals surface area contributed by atoms with E-state index in [0.717, 1.165) is 0 Å². The van der Waals surface area contributed by atoms with Gasteiger partial charge in [0.15, 0.2) is 0 Å². The van der Waals surface area contributed by atoms with Crippen LogP contribution in [0, 0.1) is 0 Å². The zero-order valence-corrected chi connectivity index (χ0v) is 6.10. The second-order valence-electron chi connectivity index (χ2n) is 1.82. The molecule has 0 spiro atoms. The van der Waals surface area contributed by atoms with Crippen LogP contribution in [0.1, 0.15) is 13.8 Å². The molecule has 0 bridgehead atoms. The Kier molecular flexibility index (Phi) is 10.4. The largest absolute Gasteiger partial charge is 0.314 e. The molecule has 2 nitrogen and oxygen atoms in total. The maximum Gasteiger partial charge on any atom is 0.0578 e. The third-order valence-corrected chi connectivity index (χ3v) is 0. The minimum Gasteiger partial charge on any atom is -0.314 e. The van der Waals surface area contributed by atoms with Gasteiger partial charge in [-0.1, -0.05) is 0 Å². The van der Waals surface area contributed by atoms with E-state index in [0.29, 0.717) is 0 Å². The molecule has 0 fully saturated rings. The third-order valence-electron chi connectivity index (χ3n) is 0. The molecule has 0 rings (SSSR count). The van der Waals surface area contributed by atoms with Gasteiger partial charge in [0.1, 0.15) is 0 Å². The lowest BCUT2D eigenvalue weighted by Crippen LogP contribution is -2.42. The van der Waals surface area contributed by atoms with Crippen LogP contribution in [0.2, 0.25) is 0 Å². The minimum atomic E-state index is -0.500. The molecule has 0 saturated heterocycles. The molecule has 0 heterocycles. The van der Waals surface area contributed by atoms with Gasteiger partial charge in [0, 0.05) is 0 Å². The Labute approximate surface area is 56.5 Å². The van der Waals surface area contributed by atoms with E-state index < -0.39 is 5.66 Å². The highest BCUT2D eigenvalue weighted by Gasteiger charge is 1.95. The van der Waals surface area contributed by atoms with Gasteiger partial charge in [-0.2, -0.15) is 0 Å². The van der Waals surface area contributed by atoms with Gasteiger partial charge < -0.3 is 11.5 Å². The lowest BCUT2D eigenvalue weighted by molar-refractivity contribution is 0.547. The predicted molar refractivity (Wildman–Crippen MR) is 36.9 cm³/mol. The Morgan fingerprint density at radius 3 is 1.00 bits per heavy atom. The Balaban J connectivity index is -0.0000000800. The summed E-state index contributed by atoms with van der Waals surface area (Å²) in [4.78, 5) is 0. The zero-order chi connectivity index (χ0) is 4.50. The summed E-state index contributed by atoms with van der Waals surface area (Å²) in [5.74, 6) is 0. The summed E-state index contributed by atoms with van der Waals surface area (Å²) < 4.78 is 0. The van der Waals surface area contributed by atoms with Crippen molar-refractivity contribution in [3.05, 3.63) is 0 Å². The fourth-order valence-electron chi connectivity index (χ4n) is 0. The monoisotopic (exact) mass is 146 g/mol. The molecule has 0 aromatic heterocycles. The van der Waals surface area contributed by atoms with Crippen molar-refractivity contribution in [3.63, 3.8) is 0 Å². The van der Waals surface area contributed by atoms with Crippen LogP contribution in [0.3, 0.4) is 0 Å². The fourth-order valence-corrected chi connectivity index (χ4v) is 0. The van der Waals surface area contributed by atoms with E-state index >= 15 is 0 Å². The molecule has 4 heteroatoms. The standard InChI is InChI=1S/C3H10N2.2ClH/c1-3(2,4)5;;/h4-5H2,1-2H3;2*1H. The number of hydrogen-bond acceptors (Lipinski definition) is 2. The normalized spacial score (nSPS) is 8.57. The average Bonchev–Trinajstić information content (AvgIpc) is 0.722. The van der Waals surface area contributed by atoms with Crippen LogP contribution in [-0.2, 0) is 0 Å². The Hall–Kier alpha value is 0.500. The first kappa shape index (κ1) is 15.6. The van der Waals surface area contributed by atoms with E-state index in [9.17, 15) is 0 Å². The molecule has 7 heavy (non-hydrogen) atoms. The van der Waals surface area contributed by atoms with E-state index in [2.05, 4.69) is 0 Å². The molecular formula is C3H12Cl2N2. The van der Waals surface area contributed by atoms with Crippen molar-refractivity contribution in [1.82, 2.24) is 0 Å². The van der Waals surface area contributed by atoms with Gasteiger partial charge in [0.05, 0.1) is 5.66 Å². The second kappa shape index (κ2) is 4.65. The zero-order valence-electron chi connectivity index (χ0n) is 4.47. The summed E-state index contributed by atoms with van der Waals surface area (Å²) in [6.45, 7) is 3.49. The van der Waals surface area contributed by atoms with Gasteiger partial charge in [-0.05, 0) is 13.8 Å². The van der Waals surface area contributed by atoms with Crippen LogP contribution >= 0.6 is 24.8 Å². The lowest BCUT2D eigenvalue weighted by atomic mass is 10.3. The van der Waals surface area contributed by atoms with Crippen LogP contribution in [-0.4, -0.2) is 5.66 Å². The highest BCUT2D eigenvalue weighted by atomic mass is 35.5. The van der Waals surface area contributed by atoms with Crippen molar-refractivity contribution >= 4 is 24.8 Å². The Bertz CT molecular complexity index is 26.4. The van der Waals surface area contributed by atoms with Crippen LogP contribution in [0.15, 0.2) is 0 Å². The molecule has 0 aromatic carbocycles. The summed E-state index contributed by atoms with van der Waals surface area (Å²) in [7, 11) is 0. The molecule has 0 atom stereocenters. The van der Waals surface area contributed by atoms with E-state index in [-0.39, 0.29) is 24.8 Å². The molecule has 0 aliphatic carbocycles. The van der Waals surface area contributed by atoms with Crippen molar-refractivity contribution < 1.29 is 0 Å². The van der Waals surface area contributed by atoms with Gasteiger partial charge in [-0.25, -0.2) is 0 Å². The molecule has 0 aliphatic rings. The summed E-state index contributed by atoms with van der Waals surface area (Å²) in [6, 6.07) is 0. The van der Waals surface area contributed by atoms with Crippen LogP contribution in [0.5, 0.6) is 0 Å². The van der Waals surface area contributed by atoms with Crippen molar-refractivity contribution in [2.75, 3.05) is 0 Å². The average molecular weight is 147 g/mol. The van der Waals surface area contributed by atoms with E-state index in [1.54, 1.807) is 13.8 Å². The van der Waals surface area contributed by atoms with E-state index in [4.69, 9.17) is 11.5 Å². The van der Waals surface area contributed by atoms with Crippen LogP contribution < -0.4 is 11.5 Å². The lowest BCUT2D eigenvalue weighted by Gasteiger charge is -2.07. The molecule has 0 saturated carbocycles. The maximum absolute atomic E-state index is 5.13. The Morgan fingerprint density at radius 2 is 1.00 bits per heavy atom. The first-order valence-electron chi connectivity index (χ1n) is 1.58. The summed E-state index contributed by atoms with van der Waals surface area (Å²) in [5, 5.41) is 0. The van der Waals surface area contributed by atoms with Gasteiger partial charge in [0.25, 0.3) is 0 Å². The van der Waals surface area contributed by atoms with Crippen molar-refractivity contribution in [3.8, 4) is 0 Å². The van der Waals surface area contributed by atoms with Gasteiger partial charge >= 0.3 is 0 Å². The molecule has 0 unspecified atom stereocenters. The summed E-state index contributed by atoms with van der Waals surface area (Å²) in [6.07, 6.45) is 0. The van der Waals surface area contributed by atoms with Crippen LogP contribution in [0.4, 0.5) is 0 Å². The van der Waals surface area contributed by atoms with E-state index in [1.807, 2.05) is 0 Å². The fraction of sp³-hybridized carbons (Fsp3) is 1.00. The molecule has 48 valence electrons. The highest BCUT2D eigenvalue weighted by Crippen LogP contribution is 1.76. The van der Waals surface area contributed by atoms with Crippen LogP contribution in [0.25, 0.3) is 0 Å². The van der Waals surface area contributed by atoms with Crippen molar-refractivity contribution in [2.24, 2.45) is 11.5 Å². The third kappa shape index (κ3) is 527. The van der Waals surface area contributed by atoms with E-state index in [1.165, 1.54) is 0 Å². The maximum atomic E-state index is 5.13. The molecule has 0 amide bonds. The Morgan fingerprint density at radius 1 is 1.00 bits per heavy atom. The van der Waals surface area contributed by atoms with Gasteiger partial charge in [0.2, 0.25) is 0 Å². The predicted octanol–water partition coefficient (Wildman–Crippen LogP) is 0.484. The summed E-state index contributed by atoms with van der Waals surface area (Å²) in [5.41, 5.74) is 9.76. The smallest absolute Gasteiger partial charge is 0.0578 e. The van der Waals surface area contributed by atoms with Gasteiger partial charge in [-0.15, -0.1) is 24.8 Å². The highest BCUT2D eigenvalue weighted by molar-refractivity contribution is 5.85. The van der Waals surface area contributed by atoms with Crippen molar-refractivity contribution in [2.45, 2.75) is 19.5 Å². The topological polar surface area (TPSA) is 52.0 Å². The summed E-state index contributed by atoms with van der Waals surface area (Å²) >= 11 is 0. The minimum absolute atomic E-state index is 0. The molecular weight excluding hydrogens is 135 g/mol. The number of halogens is 2. The second-order valence-corrected chi connectivity index (χ2v) is 1.82. The molecule has 0 aliphatic heterocycles. The quantitative estimate of drug-likeness (QED) is 0.489. The first-order valence-corrected chi connectivity index (χ1v) is 1.58. The molecule has 0 aromatic rings. The first-order chi connectivity index (χ1) is 2.00. The SMILES string of the molecule is CC(C)(N)N.Cl.Cl. The van der Waals surface area contributed by atoms with Gasteiger partial charge in [-0.3, -0.25) is 0 Å². The van der Waals surface area contributed by atoms with Crippen molar-refractivity contribution in [1.29, 1.82) is 0 Å². The number of hydrogen-bond donors (Lipinski definition) is 2. The molecule has 4 N–H and O–H groups in total. The molecule has 0 radical (unpaired) electrons. The number of nitrogens with two attached hydrogens (primary N) is 2.